The summed E-state index contributed by atoms with van der Waals surface area (Å²) >= 11 is 0. The topological polar surface area (TPSA) is 0 Å². The molecule has 0 aromatic carbocycles. The highest BCUT2D eigenvalue weighted by molar-refractivity contribution is 4.98. The molecule has 0 nitrogen and oxygen atoms in total. The summed E-state index contributed by atoms with van der Waals surface area (Å²) in [6, 6.07) is 0. The molecule has 0 aromatic rings. The Hall–Kier alpha value is 0. The van der Waals surface area contributed by atoms with Crippen molar-refractivity contribution in [3.05, 3.63) is 0 Å². The Morgan fingerprint density at radius 3 is 1.91 bits per heavy atom. The zero-order valence-electron chi connectivity index (χ0n) is 9.07. The molecule has 68 valence electrons. The molecule has 1 aliphatic rings. The number of hydrogen-bond acceptors (Lipinski definition) is 0. The maximum absolute atomic E-state index is 2.42. The third-order valence-corrected chi connectivity index (χ3v) is 3.45. The Morgan fingerprint density at radius 1 is 1.45 bits per heavy atom. The van der Waals surface area contributed by atoms with Crippen molar-refractivity contribution in [3.8, 4) is 0 Å². The smallest absolute Gasteiger partial charge is 0.0272 e. The van der Waals surface area contributed by atoms with Gasteiger partial charge in [0.2, 0.25) is 0 Å². The monoisotopic (exact) mass is 156 g/mol. The van der Waals surface area contributed by atoms with E-state index in [0.717, 1.165) is 17.3 Å². The standard InChI is InChI=1S/C9H18.C2H6/c1-5-7(2)9(4)6-8(9)3;1-2/h7-8H,5-6H2,1-4H3;1-2H3. The fourth-order valence-corrected chi connectivity index (χ4v) is 1.75. The molecule has 1 fully saturated rings. The van der Waals surface area contributed by atoms with Gasteiger partial charge in [0.05, 0.1) is 0 Å². The van der Waals surface area contributed by atoms with Crippen molar-refractivity contribution in [1.82, 2.24) is 0 Å². The SMILES string of the molecule is CC.CCC(C)C1(C)CC1C. The van der Waals surface area contributed by atoms with E-state index in [9.17, 15) is 0 Å². The van der Waals surface area contributed by atoms with E-state index in [-0.39, 0.29) is 0 Å². The van der Waals surface area contributed by atoms with Gasteiger partial charge in [-0.25, -0.2) is 0 Å². The van der Waals surface area contributed by atoms with Crippen molar-refractivity contribution in [1.29, 1.82) is 0 Å². The maximum atomic E-state index is 2.42. The van der Waals surface area contributed by atoms with Crippen molar-refractivity contribution in [3.63, 3.8) is 0 Å². The lowest BCUT2D eigenvalue weighted by molar-refractivity contribution is 0.328. The summed E-state index contributed by atoms with van der Waals surface area (Å²) in [5, 5.41) is 0. The number of hydrogen-bond donors (Lipinski definition) is 0. The van der Waals surface area contributed by atoms with E-state index in [4.69, 9.17) is 0 Å². The third-order valence-electron chi connectivity index (χ3n) is 3.45. The summed E-state index contributed by atoms with van der Waals surface area (Å²) in [5.74, 6) is 1.93. The van der Waals surface area contributed by atoms with Gasteiger partial charge in [-0.2, -0.15) is 0 Å². The van der Waals surface area contributed by atoms with Crippen molar-refractivity contribution < 1.29 is 0 Å². The molecule has 1 rings (SSSR count). The third kappa shape index (κ3) is 2.21. The first-order valence-electron chi connectivity index (χ1n) is 5.11. The molecule has 0 bridgehead atoms. The van der Waals surface area contributed by atoms with E-state index in [1.165, 1.54) is 12.8 Å². The molecule has 0 saturated heterocycles. The molecule has 3 unspecified atom stereocenters. The summed E-state index contributed by atoms with van der Waals surface area (Å²) in [5.41, 5.74) is 0.717. The minimum Gasteiger partial charge on any atom is -0.0683 e. The molecule has 0 heterocycles. The van der Waals surface area contributed by atoms with Crippen LogP contribution in [0.15, 0.2) is 0 Å². The van der Waals surface area contributed by atoms with E-state index in [1.807, 2.05) is 13.8 Å². The van der Waals surface area contributed by atoms with Crippen LogP contribution in [0.5, 0.6) is 0 Å². The quantitative estimate of drug-likeness (QED) is 0.564. The van der Waals surface area contributed by atoms with Crippen LogP contribution in [-0.2, 0) is 0 Å². The molecule has 1 aliphatic carbocycles. The van der Waals surface area contributed by atoms with Crippen LogP contribution in [-0.4, -0.2) is 0 Å². The van der Waals surface area contributed by atoms with Gasteiger partial charge in [-0.1, -0.05) is 48.0 Å². The molecule has 0 aromatic heterocycles. The first kappa shape index (κ1) is 11.0. The summed E-state index contributed by atoms with van der Waals surface area (Å²) in [7, 11) is 0. The lowest BCUT2D eigenvalue weighted by Crippen LogP contribution is -2.08. The zero-order chi connectivity index (χ0) is 9.07. The molecule has 0 radical (unpaired) electrons. The van der Waals surface area contributed by atoms with Gasteiger partial charge in [0, 0.05) is 0 Å². The fourth-order valence-electron chi connectivity index (χ4n) is 1.75. The van der Waals surface area contributed by atoms with Crippen molar-refractivity contribution >= 4 is 0 Å². The van der Waals surface area contributed by atoms with Crippen molar-refractivity contribution in [2.75, 3.05) is 0 Å². The molecule has 0 heteroatoms. The summed E-state index contributed by atoms with van der Waals surface area (Å²) in [6.45, 7) is 13.5. The van der Waals surface area contributed by atoms with Crippen LogP contribution in [0.1, 0.15) is 54.4 Å². The molecular weight excluding hydrogens is 132 g/mol. The molecular formula is C11H24. The van der Waals surface area contributed by atoms with Crippen LogP contribution in [0.25, 0.3) is 0 Å². The summed E-state index contributed by atoms with van der Waals surface area (Å²) in [4.78, 5) is 0. The molecule has 0 amide bonds. The Bertz CT molecular complexity index is 107. The van der Waals surface area contributed by atoms with E-state index in [1.54, 1.807) is 0 Å². The predicted molar refractivity (Wildman–Crippen MR) is 52.7 cm³/mol. The molecule has 1 saturated carbocycles. The van der Waals surface area contributed by atoms with Crippen LogP contribution in [0.4, 0.5) is 0 Å². The predicted octanol–water partition coefficient (Wildman–Crippen LogP) is 4.10. The molecule has 11 heavy (non-hydrogen) atoms. The van der Waals surface area contributed by atoms with Crippen LogP contribution in [0.2, 0.25) is 0 Å². The fraction of sp³-hybridized carbons (Fsp3) is 1.00. The van der Waals surface area contributed by atoms with Crippen molar-refractivity contribution in [2.45, 2.75) is 54.4 Å². The van der Waals surface area contributed by atoms with Gasteiger partial charge in [0.15, 0.2) is 0 Å². The molecule has 3 atom stereocenters. The van der Waals surface area contributed by atoms with Gasteiger partial charge in [-0.3, -0.25) is 0 Å². The van der Waals surface area contributed by atoms with Crippen molar-refractivity contribution in [2.24, 2.45) is 17.3 Å². The Balaban J connectivity index is 0.000000461. The van der Waals surface area contributed by atoms with E-state index in [0.29, 0.717) is 0 Å². The lowest BCUT2D eigenvalue weighted by Gasteiger charge is -2.17. The van der Waals surface area contributed by atoms with Gasteiger partial charge in [-0.15, -0.1) is 0 Å². The minimum absolute atomic E-state index is 0.717. The minimum atomic E-state index is 0.717. The van der Waals surface area contributed by atoms with Gasteiger partial charge in [0.25, 0.3) is 0 Å². The normalized spacial score (nSPS) is 37.1. The maximum Gasteiger partial charge on any atom is -0.0272 e. The second-order valence-corrected chi connectivity index (χ2v) is 3.92. The Labute approximate surface area is 72.4 Å². The summed E-state index contributed by atoms with van der Waals surface area (Å²) in [6.07, 6.45) is 2.81. The van der Waals surface area contributed by atoms with Crippen LogP contribution in [0, 0.1) is 17.3 Å². The first-order chi connectivity index (χ1) is 5.11. The van der Waals surface area contributed by atoms with Gasteiger partial charge in [0.1, 0.15) is 0 Å². The second-order valence-electron chi connectivity index (χ2n) is 3.92. The lowest BCUT2D eigenvalue weighted by atomic mass is 9.89. The Morgan fingerprint density at radius 2 is 1.82 bits per heavy atom. The van der Waals surface area contributed by atoms with E-state index in [2.05, 4.69) is 27.7 Å². The highest BCUT2D eigenvalue weighted by atomic mass is 14.5. The van der Waals surface area contributed by atoms with Gasteiger partial charge < -0.3 is 0 Å². The average Bonchev–Trinajstić information content (AvgIpc) is 2.64. The Kier molecular flexibility index (Phi) is 4.13. The molecule has 0 aliphatic heterocycles. The largest absolute Gasteiger partial charge is 0.0683 e. The summed E-state index contributed by atoms with van der Waals surface area (Å²) < 4.78 is 0. The highest BCUT2D eigenvalue weighted by Crippen LogP contribution is 2.57. The van der Waals surface area contributed by atoms with Crippen LogP contribution < -0.4 is 0 Å². The number of rotatable bonds is 2. The first-order valence-corrected chi connectivity index (χ1v) is 5.11. The van der Waals surface area contributed by atoms with Crippen LogP contribution in [0.3, 0.4) is 0 Å². The highest BCUT2D eigenvalue weighted by Gasteiger charge is 2.49. The molecule has 0 spiro atoms. The average molecular weight is 156 g/mol. The van der Waals surface area contributed by atoms with Crippen LogP contribution >= 0.6 is 0 Å². The zero-order valence-corrected chi connectivity index (χ0v) is 9.07. The van der Waals surface area contributed by atoms with E-state index < -0.39 is 0 Å². The van der Waals surface area contributed by atoms with Gasteiger partial charge in [-0.05, 0) is 23.7 Å². The molecule has 0 N–H and O–H groups in total. The van der Waals surface area contributed by atoms with E-state index >= 15 is 0 Å². The second kappa shape index (κ2) is 4.13. The van der Waals surface area contributed by atoms with Gasteiger partial charge >= 0.3 is 0 Å².